The summed E-state index contributed by atoms with van der Waals surface area (Å²) >= 11 is 2.24. The largest absolute Gasteiger partial charge is 0.497 e. The highest BCUT2D eigenvalue weighted by Crippen LogP contribution is 2.29. The molecular weight excluding hydrogens is 469 g/mol. The van der Waals surface area contributed by atoms with Crippen LogP contribution in [0.4, 0.5) is 5.69 Å². The van der Waals surface area contributed by atoms with E-state index in [4.69, 9.17) is 4.74 Å². The molecular formula is C21H18IN3O3. The molecule has 3 aromatic rings. The molecule has 1 aliphatic rings. The first kappa shape index (κ1) is 18.7. The van der Waals surface area contributed by atoms with Crippen molar-refractivity contribution in [2.24, 2.45) is 0 Å². The number of amides is 1. The molecule has 2 heterocycles. The fourth-order valence-corrected chi connectivity index (χ4v) is 3.78. The second-order valence-corrected chi connectivity index (χ2v) is 7.77. The predicted octanol–water partition coefficient (Wildman–Crippen LogP) is 3.89. The summed E-state index contributed by atoms with van der Waals surface area (Å²) in [5, 5.41) is 4.49. The lowest BCUT2D eigenvalue weighted by Crippen LogP contribution is -2.39. The number of hydrogen-bond donors (Lipinski definition) is 0. The van der Waals surface area contributed by atoms with E-state index in [0.29, 0.717) is 35.8 Å². The molecule has 0 atom stereocenters. The highest BCUT2D eigenvalue weighted by Gasteiger charge is 2.34. The van der Waals surface area contributed by atoms with E-state index in [1.807, 2.05) is 36.4 Å². The van der Waals surface area contributed by atoms with Gasteiger partial charge in [-0.2, -0.15) is 5.10 Å². The van der Waals surface area contributed by atoms with Crippen molar-refractivity contribution in [1.29, 1.82) is 0 Å². The van der Waals surface area contributed by atoms with Crippen LogP contribution in [0.5, 0.6) is 5.75 Å². The maximum atomic E-state index is 13.4. The molecule has 7 heteroatoms. The number of rotatable bonds is 4. The van der Waals surface area contributed by atoms with Gasteiger partial charge in [-0.05, 0) is 77.5 Å². The number of anilines is 1. The zero-order valence-electron chi connectivity index (χ0n) is 15.5. The smallest absolute Gasteiger partial charge is 0.277 e. The van der Waals surface area contributed by atoms with Crippen LogP contribution in [0, 0.1) is 3.57 Å². The highest BCUT2D eigenvalue weighted by molar-refractivity contribution is 14.1. The number of Topliss-reactive ketones (excluding diaryl/α,β-unsaturated/α-hetero) is 1. The molecule has 6 nitrogen and oxygen atoms in total. The number of aromatic nitrogens is 2. The second kappa shape index (κ2) is 7.38. The third kappa shape index (κ3) is 3.19. The predicted molar refractivity (Wildman–Crippen MR) is 115 cm³/mol. The number of methoxy groups -OCH3 is 1. The third-order valence-corrected chi connectivity index (χ3v) is 5.52. The van der Waals surface area contributed by atoms with Crippen molar-refractivity contribution in [3.05, 3.63) is 69.1 Å². The van der Waals surface area contributed by atoms with Gasteiger partial charge in [-0.1, -0.05) is 0 Å². The Bertz CT molecular complexity index is 1060. The van der Waals surface area contributed by atoms with E-state index in [1.165, 1.54) is 6.92 Å². The van der Waals surface area contributed by atoms with Crippen LogP contribution in [0.25, 0.3) is 5.69 Å². The number of benzene rings is 2. The lowest BCUT2D eigenvalue weighted by Gasteiger charge is -2.27. The van der Waals surface area contributed by atoms with Crippen LogP contribution < -0.4 is 9.64 Å². The summed E-state index contributed by atoms with van der Waals surface area (Å²) in [6.45, 7) is 2.00. The summed E-state index contributed by atoms with van der Waals surface area (Å²) < 4.78 is 7.89. The number of halogens is 1. The van der Waals surface area contributed by atoms with Gasteiger partial charge in [-0.15, -0.1) is 0 Å². The summed E-state index contributed by atoms with van der Waals surface area (Å²) in [6, 6.07) is 15.1. The quantitative estimate of drug-likeness (QED) is 0.414. The van der Waals surface area contributed by atoms with Crippen molar-refractivity contribution >= 4 is 40.0 Å². The third-order valence-electron chi connectivity index (χ3n) is 4.81. The summed E-state index contributed by atoms with van der Waals surface area (Å²) in [4.78, 5) is 27.3. The van der Waals surface area contributed by atoms with Crippen molar-refractivity contribution < 1.29 is 14.3 Å². The Balaban J connectivity index is 1.83. The van der Waals surface area contributed by atoms with Crippen LogP contribution in [0.2, 0.25) is 0 Å². The van der Waals surface area contributed by atoms with Crippen molar-refractivity contribution in [2.45, 2.75) is 13.3 Å². The van der Waals surface area contributed by atoms with Crippen LogP contribution in [-0.2, 0) is 6.42 Å². The highest BCUT2D eigenvalue weighted by atomic mass is 127. The van der Waals surface area contributed by atoms with E-state index in [0.717, 1.165) is 14.8 Å². The molecule has 1 aromatic heterocycles. The lowest BCUT2D eigenvalue weighted by atomic mass is 10.0. The van der Waals surface area contributed by atoms with Gasteiger partial charge in [0, 0.05) is 28.3 Å². The van der Waals surface area contributed by atoms with Crippen molar-refractivity contribution in [3.8, 4) is 11.4 Å². The molecule has 1 amide bonds. The summed E-state index contributed by atoms with van der Waals surface area (Å²) in [6.07, 6.45) is 0.581. The number of nitrogens with zero attached hydrogens (tertiary/aromatic N) is 3. The van der Waals surface area contributed by atoms with Crippen molar-refractivity contribution in [1.82, 2.24) is 9.78 Å². The Kier molecular flexibility index (Phi) is 4.92. The van der Waals surface area contributed by atoms with Crippen LogP contribution >= 0.6 is 22.6 Å². The lowest BCUT2D eigenvalue weighted by molar-refractivity contribution is 0.0973. The van der Waals surface area contributed by atoms with E-state index in [2.05, 4.69) is 27.7 Å². The second-order valence-electron chi connectivity index (χ2n) is 6.52. The van der Waals surface area contributed by atoms with E-state index in [-0.39, 0.29) is 11.7 Å². The maximum Gasteiger partial charge on any atom is 0.277 e. The molecule has 0 bridgehead atoms. The van der Waals surface area contributed by atoms with Gasteiger partial charge in [0.2, 0.25) is 0 Å². The Morgan fingerprint density at radius 3 is 2.32 bits per heavy atom. The number of hydrogen-bond acceptors (Lipinski definition) is 4. The Morgan fingerprint density at radius 2 is 1.71 bits per heavy atom. The number of carbonyl (C=O) groups excluding carboxylic acids is 2. The Labute approximate surface area is 176 Å². The first-order valence-electron chi connectivity index (χ1n) is 8.84. The number of ether oxygens (including phenoxy) is 1. The van der Waals surface area contributed by atoms with E-state index >= 15 is 0 Å². The summed E-state index contributed by atoms with van der Waals surface area (Å²) in [5.41, 5.74) is 3.07. The van der Waals surface area contributed by atoms with Gasteiger partial charge in [0.25, 0.3) is 5.91 Å². The molecule has 0 radical (unpaired) electrons. The normalized spacial score (nSPS) is 13.4. The number of fused-ring (bicyclic) bond motifs is 1. The fraction of sp³-hybridized carbons (Fsp3) is 0.190. The SMILES string of the molecule is COc1ccc(-n2nc(C(C)=O)c3c2C(=O)N(c2ccc(I)cc2)CC3)cc1. The molecule has 0 spiro atoms. The Hall–Kier alpha value is -2.68. The van der Waals surface area contributed by atoms with Crippen LogP contribution in [0.15, 0.2) is 48.5 Å². The van der Waals surface area contributed by atoms with E-state index in [1.54, 1.807) is 28.8 Å². The molecule has 0 N–H and O–H groups in total. The van der Waals surface area contributed by atoms with E-state index in [9.17, 15) is 9.59 Å². The molecule has 0 saturated carbocycles. The van der Waals surface area contributed by atoms with Crippen LogP contribution in [-0.4, -0.2) is 35.1 Å². The van der Waals surface area contributed by atoms with Crippen LogP contribution in [0.3, 0.4) is 0 Å². The van der Waals surface area contributed by atoms with Gasteiger partial charge < -0.3 is 9.64 Å². The number of carbonyl (C=O) groups is 2. The monoisotopic (exact) mass is 487 g/mol. The molecule has 4 rings (SSSR count). The van der Waals surface area contributed by atoms with Crippen LogP contribution in [0.1, 0.15) is 33.5 Å². The van der Waals surface area contributed by atoms with Gasteiger partial charge in [-0.25, -0.2) is 4.68 Å². The minimum Gasteiger partial charge on any atom is -0.497 e. The zero-order valence-corrected chi connectivity index (χ0v) is 17.6. The standard InChI is InChI=1S/C21H18IN3O3/c1-13(26)19-18-11-12-24(15-5-3-14(22)4-6-15)21(27)20(18)25(23-19)16-7-9-17(28-2)10-8-16/h3-10H,11-12H2,1-2H3. The molecule has 2 aromatic carbocycles. The summed E-state index contributed by atoms with van der Waals surface area (Å²) in [5.74, 6) is 0.417. The minimum atomic E-state index is -0.154. The van der Waals surface area contributed by atoms with E-state index < -0.39 is 0 Å². The molecule has 0 unspecified atom stereocenters. The van der Waals surface area contributed by atoms with Crippen molar-refractivity contribution in [2.75, 3.05) is 18.6 Å². The topological polar surface area (TPSA) is 64.4 Å². The zero-order chi connectivity index (χ0) is 19.8. The molecule has 28 heavy (non-hydrogen) atoms. The van der Waals surface area contributed by atoms with Gasteiger partial charge >= 0.3 is 0 Å². The fourth-order valence-electron chi connectivity index (χ4n) is 3.42. The average Bonchev–Trinajstić information content (AvgIpc) is 3.10. The first-order chi connectivity index (χ1) is 13.5. The molecule has 0 saturated heterocycles. The average molecular weight is 487 g/mol. The van der Waals surface area contributed by atoms with Gasteiger partial charge in [0.1, 0.15) is 17.1 Å². The maximum absolute atomic E-state index is 13.4. The molecule has 0 fully saturated rings. The van der Waals surface area contributed by atoms with Gasteiger partial charge in [0.05, 0.1) is 12.8 Å². The summed E-state index contributed by atoms with van der Waals surface area (Å²) in [7, 11) is 1.60. The van der Waals surface area contributed by atoms with Crippen molar-refractivity contribution in [3.63, 3.8) is 0 Å². The Morgan fingerprint density at radius 1 is 1.07 bits per heavy atom. The first-order valence-corrected chi connectivity index (χ1v) is 9.92. The molecule has 1 aliphatic heterocycles. The molecule has 0 aliphatic carbocycles. The minimum absolute atomic E-state index is 0.140. The van der Waals surface area contributed by atoms with Gasteiger partial charge in [0.15, 0.2) is 5.78 Å². The number of ketones is 1. The van der Waals surface area contributed by atoms with Gasteiger partial charge in [-0.3, -0.25) is 9.59 Å². The molecule has 142 valence electrons.